The van der Waals surface area contributed by atoms with Crippen molar-refractivity contribution in [1.29, 1.82) is 0 Å². The number of amides is 2. The molecule has 0 aromatic heterocycles. The van der Waals surface area contributed by atoms with E-state index in [1.54, 1.807) is 0 Å². The summed E-state index contributed by atoms with van der Waals surface area (Å²) in [6.07, 6.45) is 5.42. The molecule has 1 aliphatic heterocycles. The van der Waals surface area contributed by atoms with E-state index in [0.29, 0.717) is 13.2 Å². The van der Waals surface area contributed by atoms with Gasteiger partial charge in [-0.25, -0.2) is 9.59 Å². The summed E-state index contributed by atoms with van der Waals surface area (Å²) in [6.45, 7) is 0.852. The summed E-state index contributed by atoms with van der Waals surface area (Å²) in [4.78, 5) is 24.2. The summed E-state index contributed by atoms with van der Waals surface area (Å²) in [6, 6.07) is -1.40. The first kappa shape index (κ1) is 16.0. The standard InChI is InChI=1S/C14H24N2O5/c17-10-8-12(13(18)19)16(9-10)14(20)15-6-7-21-11-4-2-1-3-5-11/h10-12,17H,1-9H2,(H,15,20)(H,18,19)/t10-,12-/m0/s1. The fourth-order valence-electron chi connectivity index (χ4n) is 2.99. The molecule has 120 valence electrons. The van der Waals surface area contributed by atoms with Crippen molar-refractivity contribution in [1.82, 2.24) is 10.2 Å². The van der Waals surface area contributed by atoms with Crippen LogP contribution in [0, 0.1) is 0 Å². The molecule has 0 radical (unpaired) electrons. The lowest BCUT2D eigenvalue weighted by atomic mass is 9.98. The Labute approximate surface area is 124 Å². The Balaban J connectivity index is 1.67. The predicted octanol–water partition coefficient (Wildman–Crippen LogP) is 0.565. The molecule has 21 heavy (non-hydrogen) atoms. The number of hydrogen-bond acceptors (Lipinski definition) is 4. The van der Waals surface area contributed by atoms with Crippen LogP contribution in [0.3, 0.4) is 0 Å². The second kappa shape index (κ2) is 7.61. The van der Waals surface area contributed by atoms with Gasteiger partial charge in [0.05, 0.1) is 18.8 Å². The van der Waals surface area contributed by atoms with E-state index in [1.165, 1.54) is 24.2 Å². The van der Waals surface area contributed by atoms with Gasteiger partial charge in [0.2, 0.25) is 0 Å². The maximum atomic E-state index is 11.9. The minimum Gasteiger partial charge on any atom is -0.480 e. The summed E-state index contributed by atoms with van der Waals surface area (Å²) in [5.74, 6) is -1.08. The number of ether oxygens (including phenoxy) is 1. The van der Waals surface area contributed by atoms with Crippen molar-refractivity contribution in [3.63, 3.8) is 0 Å². The van der Waals surface area contributed by atoms with Gasteiger partial charge in [-0.05, 0) is 12.8 Å². The Kier molecular flexibility index (Phi) is 5.81. The summed E-state index contributed by atoms with van der Waals surface area (Å²) in [7, 11) is 0. The van der Waals surface area contributed by atoms with Crippen molar-refractivity contribution in [3.05, 3.63) is 0 Å². The maximum Gasteiger partial charge on any atom is 0.326 e. The molecule has 7 heteroatoms. The Morgan fingerprint density at radius 3 is 2.62 bits per heavy atom. The van der Waals surface area contributed by atoms with E-state index in [-0.39, 0.29) is 19.1 Å². The van der Waals surface area contributed by atoms with Gasteiger partial charge < -0.3 is 25.2 Å². The molecule has 3 N–H and O–H groups in total. The van der Waals surface area contributed by atoms with Crippen LogP contribution in [0.5, 0.6) is 0 Å². The van der Waals surface area contributed by atoms with E-state index in [0.717, 1.165) is 12.8 Å². The fourth-order valence-corrected chi connectivity index (χ4v) is 2.99. The van der Waals surface area contributed by atoms with Gasteiger partial charge in [-0.2, -0.15) is 0 Å². The van der Waals surface area contributed by atoms with Crippen molar-refractivity contribution in [2.45, 2.75) is 56.8 Å². The van der Waals surface area contributed by atoms with Gasteiger partial charge in [0.25, 0.3) is 0 Å². The van der Waals surface area contributed by atoms with Crippen molar-refractivity contribution < 1.29 is 24.5 Å². The number of aliphatic hydroxyl groups is 1. The fraction of sp³-hybridized carbons (Fsp3) is 0.857. The zero-order valence-electron chi connectivity index (χ0n) is 12.2. The molecule has 0 unspecified atom stereocenters. The zero-order valence-corrected chi connectivity index (χ0v) is 12.2. The number of β-amino-alcohol motifs (C(OH)–C–C–N with tert-alkyl or cyclic N) is 1. The van der Waals surface area contributed by atoms with Crippen LogP contribution in [0.4, 0.5) is 4.79 Å². The molecular formula is C14H24N2O5. The second-order valence-corrected chi connectivity index (χ2v) is 5.76. The van der Waals surface area contributed by atoms with Crippen LogP contribution in [-0.2, 0) is 9.53 Å². The van der Waals surface area contributed by atoms with E-state index in [1.807, 2.05) is 0 Å². The number of rotatable bonds is 5. The quantitative estimate of drug-likeness (QED) is 0.645. The van der Waals surface area contributed by atoms with Crippen LogP contribution in [-0.4, -0.2) is 65.1 Å². The topological polar surface area (TPSA) is 99.1 Å². The largest absolute Gasteiger partial charge is 0.480 e. The van der Waals surface area contributed by atoms with Crippen LogP contribution in [0.1, 0.15) is 38.5 Å². The van der Waals surface area contributed by atoms with Gasteiger partial charge >= 0.3 is 12.0 Å². The second-order valence-electron chi connectivity index (χ2n) is 5.76. The molecule has 2 aliphatic rings. The van der Waals surface area contributed by atoms with Crippen LogP contribution in [0.25, 0.3) is 0 Å². The molecule has 2 atom stereocenters. The third kappa shape index (κ3) is 4.57. The van der Waals surface area contributed by atoms with Gasteiger partial charge in [0, 0.05) is 19.5 Å². The first-order chi connectivity index (χ1) is 10.1. The van der Waals surface area contributed by atoms with Crippen LogP contribution < -0.4 is 5.32 Å². The normalized spacial score (nSPS) is 26.8. The highest BCUT2D eigenvalue weighted by Crippen LogP contribution is 2.20. The summed E-state index contributed by atoms with van der Waals surface area (Å²) in [5.41, 5.74) is 0. The molecule has 2 amide bonds. The SMILES string of the molecule is O=C(O)[C@@H]1C[C@H](O)CN1C(=O)NCCOC1CCCCC1. The Hall–Kier alpha value is -1.34. The average molecular weight is 300 g/mol. The molecule has 2 fully saturated rings. The Morgan fingerprint density at radius 1 is 1.24 bits per heavy atom. The number of urea groups is 1. The Bertz CT molecular complexity index is 370. The monoisotopic (exact) mass is 300 g/mol. The Morgan fingerprint density at radius 2 is 1.95 bits per heavy atom. The summed E-state index contributed by atoms with van der Waals surface area (Å²) in [5, 5.41) is 21.2. The van der Waals surface area contributed by atoms with Crippen LogP contribution in [0.2, 0.25) is 0 Å². The lowest BCUT2D eigenvalue weighted by molar-refractivity contribution is -0.141. The van der Waals surface area contributed by atoms with E-state index < -0.39 is 24.1 Å². The first-order valence-corrected chi connectivity index (χ1v) is 7.65. The van der Waals surface area contributed by atoms with Gasteiger partial charge in [0.15, 0.2) is 0 Å². The van der Waals surface area contributed by atoms with Crippen molar-refractivity contribution in [2.24, 2.45) is 0 Å². The van der Waals surface area contributed by atoms with Crippen LogP contribution >= 0.6 is 0 Å². The van der Waals surface area contributed by atoms with Gasteiger partial charge in [0.1, 0.15) is 6.04 Å². The number of nitrogens with one attached hydrogen (secondary N) is 1. The van der Waals surface area contributed by atoms with Gasteiger partial charge in [-0.1, -0.05) is 19.3 Å². The molecule has 1 aliphatic carbocycles. The average Bonchev–Trinajstić information content (AvgIpc) is 2.87. The molecule has 0 spiro atoms. The number of nitrogens with zero attached hydrogens (tertiary/aromatic N) is 1. The minimum atomic E-state index is -1.08. The molecular weight excluding hydrogens is 276 g/mol. The molecule has 7 nitrogen and oxygen atoms in total. The molecule has 0 aromatic carbocycles. The first-order valence-electron chi connectivity index (χ1n) is 7.65. The number of likely N-dealkylation sites (tertiary alicyclic amines) is 1. The van der Waals surface area contributed by atoms with E-state index in [4.69, 9.17) is 9.84 Å². The summed E-state index contributed by atoms with van der Waals surface area (Å²) < 4.78 is 5.69. The highest BCUT2D eigenvalue weighted by Gasteiger charge is 2.38. The molecule has 1 saturated heterocycles. The van der Waals surface area contributed by atoms with Crippen molar-refractivity contribution in [2.75, 3.05) is 19.7 Å². The van der Waals surface area contributed by atoms with E-state index in [2.05, 4.69) is 5.32 Å². The van der Waals surface area contributed by atoms with E-state index in [9.17, 15) is 14.7 Å². The number of carboxylic acids is 1. The molecule has 0 aromatic rings. The lowest BCUT2D eigenvalue weighted by Crippen LogP contribution is -2.47. The number of aliphatic carboxylic acids is 1. The molecule has 1 heterocycles. The smallest absolute Gasteiger partial charge is 0.326 e. The molecule has 0 bridgehead atoms. The number of carbonyl (C=O) groups excluding carboxylic acids is 1. The summed E-state index contributed by atoms with van der Waals surface area (Å²) >= 11 is 0. The number of carboxylic acid groups (broad SMARTS) is 1. The van der Waals surface area contributed by atoms with Crippen LogP contribution in [0.15, 0.2) is 0 Å². The third-order valence-electron chi connectivity index (χ3n) is 4.11. The highest BCUT2D eigenvalue weighted by molar-refractivity contribution is 5.83. The van der Waals surface area contributed by atoms with Gasteiger partial charge in [-0.3, -0.25) is 0 Å². The minimum absolute atomic E-state index is 0.0618. The predicted molar refractivity (Wildman–Crippen MR) is 75.0 cm³/mol. The van der Waals surface area contributed by atoms with Crippen molar-refractivity contribution in [3.8, 4) is 0 Å². The maximum absolute atomic E-state index is 11.9. The number of aliphatic hydroxyl groups excluding tert-OH is 1. The third-order valence-corrected chi connectivity index (χ3v) is 4.11. The van der Waals surface area contributed by atoms with Gasteiger partial charge in [-0.15, -0.1) is 0 Å². The zero-order chi connectivity index (χ0) is 15.2. The molecule has 2 rings (SSSR count). The number of carbonyl (C=O) groups is 2. The molecule has 1 saturated carbocycles. The van der Waals surface area contributed by atoms with Crippen molar-refractivity contribution >= 4 is 12.0 Å². The number of hydrogen-bond donors (Lipinski definition) is 3. The lowest BCUT2D eigenvalue weighted by Gasteiger charge is -2.23. The van der Waals surface area contributed by atoms with E-state index >= 15 is 0 Å². The highest BCUT2D eigenvalue weighted by atomic mass is 16.5.